The van der Waals surface area contributed by atoms with Crippen LogP contribution in [0.3, 0.4) is 0 Å². The number of amides is 3. The molecule has 4 aromatic carbocycles. The van der Waals surface area contributed by atoms with Gasteiger partial charge < -0.3 is 50.0 Å². The molecule has 1 aliphatic carbocycles. The van der Waals surface area contributed by atoms with E-state index in [-0.39, 0.29) is 28.8 Å². The predicted molar refractivity (Wildman–Crippen MR) is 295 cm³/mol. The molecule has 0 radical (unpaired) electrons. The number of fused-ring (bicyclic) bond motifs is 3. The number of hydrogen-bond acceptors (Lipinski definition) is 10. The molecule has 6 N–H and O–H groups in total. The van der Waals surface area contributed by atoms with Crippen molar-refractivity contribution in [2.24, 2.45) is 5.92 Å². The Balaban J connectivity index is 1.13. The van der Waals surface area contributed by atoms with Crippen LogP contribution in [0.2, 0.25) is 34.8 Å². The summed E-state index contributed by atoms with van der Waals surface area (Å²) in [5, 5.41) is 20.0. The van der Waals surface area contributed by atoms with Crippen LogP contribution in [0.5, 0.6) is 11.5 Å². The van der Waals surface area contributed by atoms with Crippen molar-refractivity contribution in [1.82, 2.24) is 15.5 Å². The number of ether oxygens (including phenoxy) is 2. The Hall–Kier alpha value is -5.62. The Morgan fingerprint density at radius 2 is 1.39 bits per heavy atom. The van der Waals surface area contributed by atoms with E-state index >= 15 is 0 Å². The molecule has 0 fully saturated rings. The van der Waals surface area contributed by atoms with E-state index < -0.39 is 47.0 Å². The zero-order valence-electron chi connectivity index (χ0n) is 45.3. The summed E-state index contributed by atoms with van der Waals surface area (Å²) >= 11 is 0. The number of rotatable bonds is 20. The number of anilines is 2. The van der Waals surface area contributed by atoms with Gasteiger partial charge in [-0.2, -0.15) is 0 Å². The van der Waals surface area contributed by atoms with Crippen molar-refractivity contribution in [3.8, 4) is 22.6 Å². The number of nitrogens with one attached hydrogen (secondary N) is 3. The van der Waals surface area contributed by atoms with Gasteiger partial charge >= 0.3 is 6.09 Å². The number of carbonyl (C=O) groups is 3. The van der Waals surface area contributed by atoms with E-state index in [1.165, 1.54) is 0 Å². The quantitative estimate of drug-likeness (QED) is 0.0326. The van der Waals surface area contributed by atoms with Gasteiger partial charge in [0, 0.05) is 36.1 Å². The molecule has 72 heavy (non-hydrogen) atoms. The number of hydrogen-bond donors (Lipinski definition) is 5. The largest absolute Gasteiger partial charge is 0.540 e. The lowest BCUT2D eigenvalue weighted by Crippen LogP contribution is -2.51. The van der Waals surface area contributed by atoms with Gasteiger partial charge in [0.2, 0.25) is 0 Å². The van der Waals surface area contributed by atoms with E-state index in [0.717, 1.165) is 33.4 Å². The topological polar surface area (TPSA) is 174 Å². The molecular formula is C57H81N5O8Si2. The van der Waals surface area contributed by atoms with Gasteiger partial charge in [-0.05, 0) is 106 Å². The Bertz CT molecular complexity index is 2520. The van der Waals surface area contributed by atoms with Crippen molar-refractivity contribution >= 4 is 51.5 Å². The van der Waals surface area contributed by atoms with E-state index in [0.29, 0.717) is 64.6 Å². The first-order valence-corrected chi connectivity index (χ1v) is 30.7. The fraction of sp³-hybridized carbons (Fsp3) is 0.491. The summed E-state index contributed by atoms with van der Waals surface area (Å²) < 4.78 is 25.4. The molecule has 13 nitrogen and oxygen atoms in total. The fourth-order valence-electron chi connectivity index (χ4n) is 10.2. The molecular weight excluding hydrogens is 939 g/mol. The lowest BCUT2D eigenvalue weighted by atomic mass is 9.97. The van der Waals surface area contributed by atoms with Gasteiger partial charge in [0.05, 0.1) is 31.4 Å². The minimum atomic E-state index is -2.37. The van der Waals surface area contributed by atoms with Gasteiger partial charge in [-0.1, -0.05) is 137 Å². The summed E-state index contributed by atoms with van der Waals surface area (Å²) in [6, 6.07) is 26.3. The first-order chi connectivity index (χ1) is 33.8. The Kier molecular flexibility index (Phi) is 17.5. The van der Waals surface area contributed by atoms with Crippen LogP contribution >= 0.6 is 0 Å². The molecule has 390 valence electrons. The van der Waals surface area contributed by atoms with E-state index in [2.05, 4.69) is 116 Å². The normalized spacial score (nSPS) is 16.3. The molecule has 6 rings (SSSR count). The molecule has 0 unspecified atom stereocenters. The molecule has 0 spiro atoms. The lowest BCUT2D eigenvalue weighted by Gasteiger charge is -2.42. The molecule has 4 aromatic rings. The van der Waals surface area contributed by atoms with Gasteiger partial charge in [-0.15, -0.1) is 0 Å². The number of benzene rings is 4. The maximum Gasteiger partial charge on any atom is 0.407 e. The van der Waals surface area contributed by atoms with Crippen LogP contribution in [0, 0.1) is 5.92 Å². The monoisotopic (exact) mass is 1020 g/mol. The number of aliphatic hydroxyl groups excluding tert-OH is 1. The summed E-state index contributed by atoms with van der Waals surface area (Å²) in [6.45, 7) is 30.3. The molecule has 0 bridgehead atoms. The zero-order chi connectivity index (χ0) is 53.0. The van der Waals surface area contributed by atoms with E-state index in [1.54, 1.807) is 44.9 Å². The minimum Gasteiger partial charge on any atom is -0.540 e. The van der Waals surface area contributed by atoms with Crippen molar-refractivity contribution in [2.45, 2.75) is 155 Å². The third kappa shape index (κ3) is 11.9. The molecule has 1 aliphatic heterocycles. The number of aliphatic hydroxyl groups is 1. The van der Waals surface area contributed by atoms with Crippen molar-refractivity contribution < 1.29 is 37.8 Å². The van der Waals surface area contributed by atoms with Crippen molar-refractivity contribution in [3.63, 3.8) is 0 Å². The van der Waals surface area contributed by atoms with Crippen LogP contribution in [-0.4, -0.2) is 89.2 Å². The van der Waals surface area contributed by atoms with Crippen molar-refractivity contribution in [1.29, 1.82) is 0 Å². The van der Waals surface area contributed by atoms with E-state index in [1.807, 2.05) is 54.7 Å². The highest BCUT2D eigenvalue weighted by molar-refractivity contribution is 6.78. The van der Waals surface area contributed by atoms with E-state index in [4.69, 9.17) is 24.1 Å². The number of nitrogens with two attached hydrogens (primary N) is 1. The van der Waals surface area contributed by atoms with Crippen LogP contribution in [0.25, 0.3) is 16.7 Å². The van der Waals surface area contributed by atoms with Crippen LogP contribution in [0.4, 0.5) is 16.2 Å². The van der Waals surface area contributed by atoms with Crippen LogP contribution in [-0.2, 0) is 14.0 Å². The summed E-state index contributed by atoms with van der Waals surface area (Å²) in [4.78, 5) is 43.3. The molecule has 3 amide bonds. The molecule has 4 atom stereocenters. The second-order valence-electron chi connectivity index (χ2n) is 22.4. The summed E-state index contributed by atoms with van der Waals surface area (Å²) in [7, 11) is -2.98. The number of carbonyl (C=O) groups excluding carboxylic acids is 3. The zero-order valence-corrected chi connectivity index (χ0v) is 47.3. The Labute approximate surface area is 430 Å². The van der Waals surface area contributed by atoms with Gasteiger partial charge in [0.1, 0.15) is 12.0 Å². The average molecular weight is 1020 g/mol. The van der Waals surface area contributed by atoms with Gasteiger partial charge in [0.25, 0.3) is 20.1 Å². The molecule has 0 aromatic heterocycles. The highest BCUT2D eigenvalue weighted by Gasteiger charge is 2.48. The van der Waals surface area contributed by atoms with Gasteiger partial charge in [-0.3, -0.25) is 9.59 Å². The average Bonchev–Trinajstić information content (AvgIpc) is 3.89. The molecule has 1 heterocycles. The maximum absolute atomic E-state index is 14.7. The molecule has 15 heteroatoms. The van der Waals surface area contributed by atoms with E-state index in [9.17, 15) is 19.5 Å². The number of methoxy groups -OCH3 is 1. The van der Waals surface area contributed by atoms with Crippen LogP contribution in [0.15, 0.2) is 91.1 Å². The highest BCUT2D eigenvalue weighted by Crippen LogP contribution is 2.47. The van der Waals surface area contributed by atoms with Crippen LogP contribution < -0.4 is 30.8 Å². The lowest BCUT2D eigenvalue weighted by molar-refractivity contribution is -0.133. The maximum atomic E-state index is 14.7. The summed E-state index contributed by atoms with van der Waals surface area (Å²) in [6.07, 6.45) is -0.535. The Morgan fingerprint density at radius 1 is 0.819 bits per heavy atom. The Morgan fingerprint density at radius 3 is 1.92 bits per heavy atom. The summed E-state index contributed by atoms with van der Waals surface area (Å²) in [5.41, 5.74) is 15.4. The molecule has 0 saturated heterocycles. The number of nitrogen functional groups attached to an aromatic ring is 1. The second kappa shape index (κ2) is 22.7. The first kappa shape index (κ1) is 55.7. The highest BCUT2D eigenvalue weighted by atomic mass is 28.4. The van der Waals surface area contributed by atoms with Crippen molar-refractivity contribution in [3.05, 3.63) is 113 Å². The third-order valence-corrected chi connectivity index (χ3v) is 25.8. The van der Waals surface area contributed by atoms with Gasteiger partial charge in [-0.25, -0.2) is 4.79 Å². The minimum absolute atomic E-state index is 0.0315. The summed E-state index contributed by atoms with van der Waals surface area (Å²) in [5.74, 6) is -0.142. The number of alkyl carbamates (subject to hydrolysis) is 1. The third-order valence-electron chi connectivity index (χ3n) is 15.3. The second-order valence-corrected chi connectivity index (χ2v) is 32.6. The van der Waals surface area contributed by atoms with Crippen molar-refractivity contribution in [2.75, 3.05) is 31.3 Å². The predicted octanol–water partition coefficient (Wildman–Crippen LogP) is 11.9. The van der Waals surface area contributed by atoms with Crippen LogP contribution in [0.1, 0.15) is 122 Å². The number of nitrogens with zero attached hydrogens (tertiary/aromatic N) is 1. The standard InChI is InChI=1S/C57H81N5O8Si2/c1-34(2)52(69-56(66)59-31-48-45-22-18-16-20-43(45)44-21-17-19-23-46(44)48)54(64)60-38(9)53(63)61-41-26-24-39(25-27-41)40-28-42(33-68-71(14,15)57(10,11)12)62(32-40)55(65)47-29-50(67-13)51(30-49(47)58)70-72(35(3)4,36(5)6)37(7)8/h16-27,29-30,32,34-38,42,48,52-53,61,63H,28,31,33,58H2,1-15H3,(H,59,66)(H,60,64)/t38-,42-,52-,53-/m0/s1. The fourth-order valence-corrected chi connectivity index (χ4v) is 16.5. The van der Waals surface area contributed by atoms with Gasteiger partial charge in [0.15, 0.2) is 20.2 Å². The smallest absolute Gasteiger partial charge is 0.407 e. The molecule has 0 saturated carbocycles. The molecule has 2 aliphatic rings. The first-order valence-electron chi connectivity index (χ1n) is 25.6. The SMILES string of the molecule is COc1cc(C(=O)N2C=C(c3ccc(N[C@@H](O)[C@H](C)NC(=O)[C@@H](OC(=O)NCC4c5ccccc5-c5ccccc54)C(C)C)cc3)C[C@H]2CO[Si](C)(C)C(C)(C)C)c(N)cc1O[Si](C(C)C)(C(C)C)C(C)C.